The number of primary amides is 1. The van der Waals surface area contributed by atoms with Gasteiger partial charge in [0.15, 0.2) is 0 Å². The number of fused-ring (bicyclic) bond motifs is 1. The van der Waals surface area contributed by atoms with E-state index in [-0.39, 0.29) is 22.7 Å². The Bertz CT molecular complexity index is 609. The van der Waals surface area contributed by atoms with Crippen LogP contribution < -0.4 is 11.1 Å². The lowest BCUT2D eigenvalue weighted by molar-refractivity contribution is -0.118. The minimum absolute atomic E-state index is 0.0870. The van der Waals surface area contributed by atoms with Gasteiger partial charge in [0, 0.05) is 6.92 Å². The highest BCUT2D eigenvalue weighted by atomic mass is 16.2. The lowest BCUT2D eigenvalue weighted by atomic mass is 10.1. The van der Waals surface area contributed by atoms with Crippen molar-refractivity contribution >= 4 is 29.3 Å². The summed E-state index contributed by atoms with van der Waals surface area (Å²) in [6, 6.07) is 4.52. The summed E-state index contributed by atoms with van der Waals surface area (Å²) in [5.74, 6) is -2.37. The Morgan fingerprint density at radius 3 is 2.53 bits per heavy atom. The van der Waals surface area contributed by atoms with Crippen LogP contribution in [0, 0.1) is 0 Å². The van der Waals surface area contributed by atoms with Gasteiger partial charge in [-0.05, 0) is 12.1 Å². The first kappa shape index (κ1) is 12.7. The third-order valence-corrected chi connectivity index (χ3v) is 2.62. The lowest BCUT2D eigenvalue weighted by Crippen LogP contribution is -2.37. The van der Waals surface area contributed by atoms with Crippen molar-refractivity contribution in [1.29, 1.82) is 0 Å². The van der Waals surface area contributed by atoms with Crippen LogP contribution in [0.3, 0.4) is 0 Å². The van der Waals surface area contributed by atoms with Crippen LogP contribution in [0.25, 0.3) is 0 Å². The summed E-state index contributed by atoms with van der Waals surface area (Å²) in [6.45, 7) is 0.813. The van der Waals surface area contributed by atoms with Crippen molar-refractivity contribution in [2.75, 3.05) is 11.9 Å². The van der Waals surface area contributed by atoms with E-state index in [9.17, 15) is 19.2 Å². The molecule has 4 amide bonds. The molecule has 0 saturated carbocycles. The van der Waals surface area contributed by atoms with E-state index < -0.39 is 24.3 Å². The normalized spacial score (nSPS) is 13.4. The number of carbonyl (C=O) groups excluding carboxylic acids is 4. The van der Waals surface area contributed by atoms with Crippen molar-refractivity contribution < 1.29 is 19.2 Å². The predicted molar refractivity (Wildman–Crippen MR) is 65.3 cm³/mol. The van der Waals surface area contributed by atoms with Crippen molar-refractivity contribution in [3.8, 4) is 0 Å². The Morgan fingerprint density at radius 1 is 1.26 bits per heavy atom. The Morgan fingerprint density at radius 2 is 1.95 bits per heavy atom. The van der Waals surface area contributed by atoms with Gasteiger partial charge in [0.1, 0.15) is 6.54 Å². The molecule has 1 heterocycles. The molecule has 1 aliphatic rings. The minimum Gasteiger partial charge on any atom is -0.368 e. The highest BCUT2D eigenvalue weighted by molar-refractivity contribution is 6.25. The highest BCUT2D eigenvalue weighted by Crippen LogP contribution is 2.29. The van der Waals surface area contributed by atoms with E-state index in [0.717, 1.165) is 4.90 Å². The average molecular weight is 261 g/mol. The molecule has 0 atom stereocenters. The summed E-state index contributed by atoms with van der Waals surface area (Å²) < 4.78 is 0. The first-order valence-electron chi connectivity index (χ1n) is 5.47. The van der Waals surface area contributed by atoms with E-state index in [1.807, 2.05) is 0 Å². The fourth-order valence-corrected chi connectivity index (χ4v) is 1.93. The molecule has 0 aliphatic carbocycles. The first-order chi connectivity index (χ1) is 8.91. The Hall–Kier alpha value is -2.70. The number of anilines is 1. The Labute approximate surface area is 108 Å². The zero-order valence-corrected chi connectivity index (χ0v) is 10.1. The third-order valence-electron chi connectivity index (χ3n) is 2.62. The van der Waals surface area contributed by atoms with Crippen molar-refractivity contribution in [2.45, 2.75) is 6.92 Å². The number of hydrogen-bond donors (Lipinski definition) is 2. The number of benzene rings is 1. The van der Waals surface area contributed by atoms with Gasteiger partial charge in [-0.15, -0.1) is 0 Å². The minimum atomic E-state index is -0.782. The molecule has 19 heavy (non-hydrogen) atoms. The summed E-state index contributed by atoms with van der Waals surface area (Å²) >= 11 is 0. The molecular formula is C12H11N3O4. The van der Waals surface area contributed by atoms with Crippen molar-refractivity contribution in [3.05, 3.63) is 29.3 Å². The van der Waals surface area contributed by atoms with Gasteiger partial charge < -0.3 is 11.1 Å². The third kappa shape index (κ3) is 2.17. The van der Waals surface area contributed by atoms with Gasteiger partial charge in [-0.1, -0.05) is 6.07 Å². The van der Waals surface area contributed by atoms with E-state index in [0.29, 0.717) is 0 Å². The summed E-state index contributed by atoms with van der Waals surface area (Å²) in [5.41, 5.74) is 5.48. The molecular weight excluding hydrogens is 250 g/mol. The van der Waals surface area contributed by atoms with Crippen LogP contribution in [0.15, 0.2) is 18.2 Å². The van der Waals surface area contributed by atoms with Gasteiger partial charge in [0.2, 0.25) is 11.8 Å². The molecule has 0 spiro atoms. The topological polar surface area (TPSA) is 110 Å². The Balaban J connectivity index is 2.47. The average Bonchev–Trinajstić information content (AvgIpc) is 2.54. The SMILES string of the molecule is CC(=O)Nc1cccc2c1C(=O)N(CC(N)=O)C2=O. The van der Waals surface area contributed by atoms with Crippen LogP contribution in [-0.4, -0.2) is 35.1 Å². The number of imide groups is 1. The number of nitrogens with one attached hydrogen (secondary N) is 1. The van der Waals surface area contributed by atoms with Crippen molar-refractivity contribution in [2.24, 2.45) is 5.73 Å². The lowest BCUT2D eigenvalue weighted by Gasteiger charge is -2.10. The molecule has 1 aromatic rings. The summed E-state index contributed by atoms with van der Waals surface area (Å²) in [7, 11) is 0. The largest absolute Gasteiger partial charge is 0.368 e. The van der Waals surface area contributed by atoms with E-state index in [1.54, 1.807) is 6.07 Å². The number of hydrogen-bond acceptors (Lipinski definition) is 4. The number of amides is 4. The number of carbonyl (C=O) groups is 4. The van der Waals surface area contributed by atoms with E-state index in [2.05, 4.69) is 5.32 Å². The van der Waals surface area contributed by atoms with Crippen LogP contribution in [0.5, 0.6) is 0 Å². The second-order valence-corrected chi connectivity index (χ2v) is 4.07. The van der Waals surface area contributed by atoms with Crippen LogP contribution in [0.1, 0.15) is 27.6 Å². The highest BCUT2D eigenvalue weighted by Gasteiger charge is 2.38. The Kier molecular flexibility index (Phi) is 3.04. The van der Waals surface area contributed by atoms with Crippen LogP contribution in [-0.2, 0) is 9.59 Å². The summed E-state index contributed by atoms with van der Waals surface area (Å²) in [5, 5.41) is 2.48. The van der Waals surface area contributed by atoms with Gasteiger partial charge in [-0.2, -0.15) is 0 Å². The maximum absolute atomic E-state index is 12.1. The molecule has 0 saturated heterocycles. The predicted octanol–water partition coefficient (Wildman–Crippen LogP) is -0.274. The number of nitrogens with zero attached hydrogens (tertiary/aromatic N) is 1. The summed E-state index contributed by atoms with van der Waals surface area (Å²) in [6.07, 6.45) is 0. The monoisotopic (exact) mass is 261 g/mol. The van der Waals surface area contributed by atoms with Gasteiger partial charge >= 0.3 is 0 Å². The number of rotatable bonds is 3. The van der Waals surface area contributed by atoms with Gasteiger partial charge in [0.25, 0.3) is 11.8 Å². The van der Waals surface area contributed by atoms with E-state index >= 15 is 0 Å². The molecule has 0 radical (unpaired) electrons. The molecule has 98 valence electrons. The first-order valence-corrected chi connectivity index (χ1v) is 5.47. The van der Waals surface area contributed by atoms with Gasteiger partial charge in [0.05, 0.1) is 16.8 Å². The molecule has 0 bridgehead atoms. The standard InChI is InChI=1S/C12H11N3O4/c1-6(16)14-8-4-2-3-7-10(8)12(19)15(11(7)18)5-9(13)17/h2-4H,5H2,1H3,(H2,13,17)(H,14,16). The van der Waals surface area contributed by atoms with Crippen molar-refractivity contribution in [3.63, 3.8) is 0 Å². The molecule has 3 N–H and O–H groups in total. The second kappa shape index (κ2) is 4.52. The van der Waals surface area contributed by atoms with Crippen molar-refractivity contribution in [1.82, 2.24) is 4.90 Å². The molecule has 7 heteroatoms. The maximum Gasteiger partial charge on any atom is 0.264 e. The molecule has 1 aliphatic heterocycles. The zero-order chi connectivity index (χ0) is 14.2. The quantitative estimate of drug-likeness (QED) is 0.729. The van der Waals surface area contributed by atoms with Crippen LogP contribution >= 0.6 is 0 Å². The van der Waals surface area contributed by atoms with Crippen LogP contribution in [0.2, 0.25) is 0 Å². The van der Waals surface area contributed by atoms with E-state index in [1.165, 1.54) is 19.1 Å². The molecule has 2 rings (SSSR count). The van der Waals surface area contributed by atoms with E-state index in [4.69, 9.17) is 5.73 Å². The van der Waals surface area contributed by atoms with Crippen LogP contribution in [0.4, 0.5) is 5.69 Å². The van der Waals surface area contributed by atoms with Gasteiger partial charge in [-0.3, -0.25) is 24.1 Å². The van der Waals surface area contributed by atoms with Gasteiger partial charge in [-0.25, -0.2) is 0 Å². The molecule has 0 fully saturated rings. The molecule has 0 aromatic heterocycles. The fourth-order valence-electron chi connectivity index (χ4n) is 1.93. The smallest absolute Gasteiger partial charge is 0.264 e. The fraction of sp³-hybridized carbons (Fsp3) is 0.167. The maximum atomic E-state index is 12.1. The molecule has 7 nitrogen and oxygen atoms in total. The molecule has 1 aromatic carbocycles. The molecule has 0 unspecified atom stereocenters. The summed E-state index contributed by atoms with van der Waals surface area (Å²) in [4.78, 5) is 46.8. The number of nitrogens with two attached hydrogens (primary N) is 1. The second-order valence-electron chi connectivity index (χ2n) is 4.07. The zero-order valence-electron chi connectivity index (χ0n) is 10.1.